The number of carbonyl (C=O) groups excluding carboxylic acids is 4. The van der Waals surface area contributed by atoms with Gasteiger partial charge in [-0.2, -0.15) is 0 Å². The van der Waals surface area contributed by atoms with Gasteiger partial charge in [0.1, 0.15) is 23.2 Å². The van der Waals surface area contributed by atoms with Crippen LogP contribution in [0.5, 0.6) is 5.75 Å². The van der Waals surface area contributed by atoms with Gasteiger partial charge >= 0.3 is 12.1 Å². The predicted molar refractivity (Wildman–Crippen MR) is 283 cm³/mol. The van der Waals surface area contributed by atoms with Gasteiger partial charge in [0.2, 0.25) is 11.6 Å². The Bertz CT molecular complexity index is 2990. The summed E-state index contributed by atoms with van der Waals surface area (Å²) in [7, 11) is 2.90. The summed E-state index contributed by atoms with van der Waals surface area (Å²) < 4.78 is 22.7. The van der Waals surface area contributed by atoms with E-state index in [-0.39, 0.29) is 68.1 Å². The molecule has 9 N–H and O–H groups in total. The van der Waals surface area contributed by atoms with Crippen LogP contribution in [0.3, 0.4) is 0 Å². The molecule has 0 aromatic heterocycles. The molecule has 2 heterocycles. The summed E-state index contributed by atoms with van der Waals surface area (Å²) in [5.41, 5.74) is 8.18. The second-order valence-corrected chi connectivity index (χ2v) is 18.9. The Labute approximate surface area is 433 Å². The lowest BCUT2D eigenvalue weighted by molar-refractivity contribution is -0.120. The highest BCUT2D eigenvalue weighted by molar-refractivity contribution is 7.80. The normalized spacial score (nSPS) is 22.3. The first-order valence-electron chi connectivity index (χ1n) is 24.2. The van der Waals surface area contributed by atoms with E-state index in [1.165, 1.54) is 63.6 Å². The summed E-state index contributed by atoms with van der Waals surface area (Å²) in [5.74, 6) is -3.38. The maximum Gasteiger partial charge on any atom is 0.405 e. The average Bonchev–Trinajstić information content (AvgIpc) is 3.35. The number of hydrogen-bond acceptors (Lipinski definition) is 14. The quantitative estimate of drug-likeness (QED) is 0.0204. The number of aliphatic hydroxyl groups is 1. The first kappa shape index (κ1) is 55.9. The van der Waals surface area contributed by atoms with Crippen LogP contribution in [-0.2, 0) is 28.6 Å². The lowest BCUT2D eigenvalue weighted by atomic mass is 9.85. The first-order chi connectivity index (χ1) is 35.3. The minimum absolute atomic E-state index is 0.0261. The van der Waals surface area contributed by atoms with E-state index < -0.39 is 59.9 Å². The fourth-order valence-electron chi connectivity index (χ4n) is 9.14. The molecule has 2 bridgehead atoms. The number of anilines is 1. The number of amides is 2. The van der Waals surface area contributed by atoms with Crippen molar-refractivity contribution in [3.05, 3.63) is 129 Å². The fraction of sp³-hybridized carbons (Fsp3) is 0.364. The number of carbonyl (C=O) groups is 5. The third-order valence-corrected chi connectivity index (χ3v) is 13.2. The molecule has 6 rings (SSSR count). The number of ketones is 2. The number of phenols is 1. The second kappa shape index (κ2) is 25.5. The summed E-state index contributed by atoms with van der Waals surface area (Å²) in [6.07, 6.45) is 6.32. The SMILES string of the molecule is CO[C@H]1/C=C\C=C(\C)C(=O)NC2=CC(=O)C(NCCCCCCNC(=S)Nc3ccc(-c4c5ccc(=O)cc-5oc5cc(O)ccc45)c(C(=O)O)c3)=C(C[C@@H](C)C[C@H](OC)[C@H](O)[C@@H](C)C=C(C)[C@@H]1OC(N)=O)C2=O. The van der Waals surface area contributed by atoms with Crippen LogP contribution >= 0.6 is 12.2 Å². The summed E-state index contributed by atoms with van der Waals surface area (Å²) in [6, 6.07) is 13.6. The van der Waals surface area contributed by atoms with Crippen molar-refractivity contribution in [3.8, 4) is 28.2 Å². The van der Waals surface area contributed by atoms with Crippen molar-refractivity contribution >= 4 is 63.5 Å². The Morgan fingerprint density at radius 2 is 1.66 bits per heavy atom. The van der Waals surface area contributed by atoms with Crippen molar-refractivity contribution in [1.29, 1.82) is 0 Å². The lowest BCUT2D eigenvalue weighted by Gasteiger charge is -2.30. The number of methoxy groups -OCH3 is 2. The zero-order valence-electron chi connectivity index (χ0n) is 42.1. The molecule has 2 amide bonds. The highest BCUT2D eigenvalue weighted by Crippen LogP contribution is 2.42. The van der Waals surface area contributed by atoms with Gasteiger partial charge in [-0.15, -0.1) is 0 Å². The number of hydrogen-bond donors (Lipinski definition) is 8. The van der Waals surface area contributed by atoms with Crippen LogP contribution in [0.4, 0.5) is 10.5 Å². The van der Waals surface area contributed by atoms with Crippen LogP contribution in [0, 0.1) is 11.8 Å². The molecule has 0 spiro atoms. The molecule has 0 saturated heterocycles. The molecule has 2 aromatic carbocycles. The zero-order valence-corrected chi connectivity index (χ0v) is 42.9. The predicted octanol–water partition coefficient (Wildman–Crippen LogP) is 7.18. The van der Waals surface area contributed by atoms with Crippen molar-refractivity contribution in [3.63, 3.8) is 0 Å². The van der Waals surface area contributed by atoms with Gasteiger partial charge in [0.25, 0.3) is 5.91 Å². The van der Waals surface area contributed by atoms with E-state index in [0.29, 0.717) is 59.3 Å². The average molecular weight is 1030 g/mol. The maximum atomic E-state index is 14.1. The number of carboxylic acid groups (broad SMARTS) is 1. The molecule has 2 aliphatic heterocycles. The molecule has 6 atom stereocenters. The van der Waals surface area contributed by atoms with E-state index >= 15 is 0 Å². The molecule has 0 unspecified atom stereocenters. The number of Topliss-reactive ketones (excluding diaryl/α,β-unsaturated/α-hetero) is 1. The molecular formula is C55H63N5O13S. The summed E-state index contributed by atoms with van der Waals surface area (Å²) in [6.45, 7) is 7.83. The van der Waals surface area contributed by atoms with Crippen LogP contribution in [-0.4, -0.2) is 102 Å². The number of phenolic OH excluding ortho intramolecular Hbond substituents is 1. The van der Waals surface area contributed by atoms with Gasteiger partial charge in [0.05, 0.1) is 29.2 Å². The number of primary amides is 1. The van der Waals surface area contributed by atoms with E-state index in [0.717, 1.165) is 25.3 Å². The third-order valence-electron chi connectivity index (χ3n) is 12.9. The Morgan fingerprint density at radius 1 is 0.932 bits per heavy atom. The van der Waals surface area contributed by atoms with E-state index in [1.807, 2.05) is 6.92 Å². The van der Waals surface area contributed by atoms with Crippen LogP contribution in [0.25, 0.3) is 33.4 Å². The largest absolute Gasteiger partial charge is 0.508 e. The Hall–Kier alpha value is -7.45. The molecular weight excluding hydrogens is 971 g/mol. The van der Waals surface area contributed by atoms with Crippen LogP contribution in [0.1, 0.15) is 76.6 Å². The number of thiocarbonyl (C=S) groups is 1. The number of nitrogens with two attached hydrogens (primary N) is 1. The second-order valence-electron chi connectivity index (χ2n) is 18.5. The van der Waals surface area contributed by atoms with Gasteiger partial charge in [-0.1, -0.05) is 57.1 Å². The monoisotopic (exact) mass is 1030 g/mol. The van der Waals surface area contributed by atoms with Gasteiger partial charge in [0, 0.05) is 84.8 Å². The molecule has 2 aromatic rings. The molecule has 0 fully saturated rings. The number of carboxylic acids is 1. The Morgan fingerprint density at radius 3 is 2.36 bits per heavy atom. The smallest absolute Gasteiger partial charge is 0.405 e. The standard InChI is InChI=1S/C55H63N5O13S/c1-29-22-40-48(42(63)28-41(50(40)65)60-52(66)30(2)12-11-13-43(70-5)51(73-54(56)69)32(4)24-31(3)49(64)46(23-29)71-6)57-20-9-7-8-10-21-58-55(74)59-33-14-17-36(39(25-33)53(67)68)47-37-18-15-34(61)26-44(37)72-45-27-35(62)16-19-38(45)47/h11-19,24-29,31,43,46,49,51,57,61,64H,7-10,20-23H2,1-6H3,(H2,56,69)(H,60,66)(H,67,68)(H2,58,59,74)/b13-11-,30-12-,32-24?/t29-,31+,43+,46+,49-,51+/m1/s1. The van der Waals surface area contributed by atoms with E-state index in [2.05, 4.69) is 21.3 Å². The molecule has 18 nitrogen and oxygen atoms in total. The number of unbranched alkanes of at least 4 members (excludes halogenated alkanes) is 3. The molecule has 2 aliphatic carbocycles. The summed E-state index contributed by atoms with van der Waals surface area (Å²) in [5, 5.41) is 44.9. The number of rotatable bonds is 14. The van der Waals surface area contributed by atoms with E-state index in [9.17, 15) is 44.1 Å². The maximum absolute atomic E-state index is 14.1. The molecule has 392 valence electrons. The number of ether oxygens (including phenoxy) is 3. The Balaban J connectivity index is 1.08. The van der Waals surface area contributed by atoms with Crippen molar-refractivity contribution in [2.45, 2.75) is 90.6 Å². The van der Waals surface area contributed by atoms with Crippen molar-refractivity contribution < 1.29 is 57.9 Å². The van der Waals surface area contributed by atoms with Gasteiger partial charge in [-0.05, 0) is 105 Å². The first-order valence-corrected chi connectivity index (χ1v) is 24.6. The molecule has 4 aliphatic rings. The minimum atomic E-state index is -1.19. The molecule has 0 saturated carbocycles. The minimum Gasteiger partial charge on any atom is -0.508 e. The number of aromatic carboxylic acids is 1. The molecule has 74 heavy (non-hydrogen) atoms. The van der Waals surface area contributed by atoms with Crippen molar-refractivity contribution in [2.75, 3.05) is 32.6 Å². The number of nitrogens with one attached hydrogen (secondary N) is 4. The summed E-state index contributed by atoms with van der Waals surface area (Å²) >= 11 is 5.54. The van der Waals surface area contributed by atoms with Gasteiger partial charge in [-0.25, -0.2) is 9.59 Å². The van der Waals surface area contributed by atoms with Crippen molar-refractivity contribution in [2.24, 2.45) is 17.6 Å². The fourth-order valence-corrected chi connectivity index (χ4v) is 9.36. The number of fused-ring (bicyclic) bond motifs is 4. The van der Waals surface area contributed by atoms with Crippen LogP contribution in [0.15, 0.2) is 122 Å². The van der Waals surface area contributed by atoms with Crippen molar-refractivity contribution in [1.82, 2.24) is 16.0 Å². The summed E-state index contributed by atoms with van der Waals surface area (Å²) in [4.78, 5) is 78.1. The van der Waals surface area contributed by atoms with Gasteiger partial charge in [0.15, 0.2) is 16.6 Å². The van der Waals surface area contributed by atoms with E-state index in [1.54, 1.807) is 50.3 Å². The highest BCUT2D eigenvalue weighted by Gasteiger charge is 2.34. The number of aromatic hydroxyl groups is 1. The lowest BCUT2D eigenvalue weighted by Crippen LogP contribution is -2.38. The number of aliphatic hydroxyl groups excluding tert-OH is 1. The Kier molecular flexibility index (Phi) is 19.2. The highest BCUT2D eigenvalue weighted by atomic mass is 32.1. The van der Waals surface area contributed by atoms with Gasteiger partial charge < -0.3 is 60.9 Å². The number of benzene rings is 3. The molecule has 0 radical (unpaired) electrons. The topological polar surface area (TPSA) is 278 Å². The van der Waals surface area contributed by atoms with Crippen LogP contribution in [0.2, 0.25) is 0 Å². The van der Waals surface area contributed by atoms with Crippen LogP contribution < -0.4 is 32.4 Å². The third kappa shape index (κ3) is 14.0. The number of allylic oxidation sites excluding steroid dienone is 4. The van der Waals surface area contributed by atoms with Gasteiger partial charge in [-0.3, -0.25) is 19.2 Å². The molecule has 19 heteroatoms. The van der Waals surface area contributed by atoms with E-state index in [4.69, 9.17) is 36.6 Å². The zero-order chi connectivity index (χ0) is 53.8.